The Morgan fingerprint density at radius 1 is 0.927 bits per heavy atom. The number of aliphatic hydroxyl groups is 2. The van der Waals surface area contributed by atoms with Crippen molar-refractivity contribution >= 4 is 9.84 Å². The molecule has 8 heteroatoms. The van der Waals surface area contributed by atoms with E-state index in [4.69, 9.17) is 0 Å². The first kappa shape index (κ1) is 31.3. The molecule has 2 unspecified atom stereocenters. The summed E-state index contributed by atoms with van der Waals surface area (Å²) in [6.45, 7) is 10.3. The lowest BCUT2D eigenvalue weighted by Crippen LogP contribution is -2.63. The molecule has 4 fully saturated rings. The topological polar surface area (TPSA) is 74.6 Å². The molecule has 5 rings (SSSR count). The highest BCUT2D eigenvalue weighted by Gasteiger charge is 2.69. The lowest BCUT2D eigenvalue weighted by atomic mass is 9.39. The number of fused-ring (bicyclic) bond motifs is 5. The summed E-state index contributed by atoms with van der Waals surface area (Å²) < 4.78 is 69.5. The molecule has 0 spiro atoms. The molecule has 0 heterocycles. The van der Waals surface area contributed by atoms with Gasteiger partial charge in [0.05, 0.1) is 16.2 Å². The van der Waals surface area contributed by atoms with Crippen molar-refractivity contribution < 1.29 is 31.8 Å². The number of benzene rings is 1. The van der Waals surface area contributed by atoms with Gasteiger partial charge in [0.15, 0.2) is 15.4 Å². The molecule has 1 aromatic carbocycles. The molecule has 2 N–H and O–H groups in total. The quantitative estimate of drug-likeness (QED) is 0.354. The van der Waals surface area contributed by atoms with E-state index in [1.165, 1.54) is 0 Å². The molecule has 0 radical (unpaired) electrons. The number of sulfone groups is 1. The zero-order chi connectivity index (χ0) is 30.2. The summed E-state index contributed by atoms with van der Waals surface area (Å²) in [5.41, 5.74) is -3.48. The van der Waals surface area contributed by atoms with Crippen LogP contribution >= 0.6 is 0 Å². The summed E-state index contributed by atoms with van der Waals surface area (Å²) in [7, 11) is -3.65. The van der Waals surface area contributed by atoms with Gasteiger partial charge in [-0.3, -0.25) is 0 Å². The van der Waals surface area contributed by atoms with Crippen LogP contribution in [0.4, 0.5) is 13.2 Å². The fourth-order valence-electron chi connectivity index (χ4n) is 10.8. The first-order valence-corrected chi connectivity index (χ1v) is 17.2. The van der Waals surface area contributed by atoms with Gasteiger partial charge >= 0.3 is 6.18 Å². The van der Waals surface area contributed by atoms with Crippen LogP contribution in [0, 0.1) is 45.8 Å². The largest absolute Gasteiger partial charge is 0.417 e. The van der Waals surface area contributed by atoms with Crippen LogP contribution in [0.2, 0.25) is 0 Å². The van der Waals surface area contributed by atoms with Crippen molar-refractivity contribution in [2.75, 3.05) is 0 Å². The van der Waals surface area contributed by atoms with Crippen LogP contribution in [0.15, 0.2) is 35.2 Å². The van der Waals surface area contributed by atoms with Gasteiger partial charge in [-0.05, 0) is 129 Å². The molecular weight excluding hydrogens is 549 g/mol. The zero-order valence-corrected chi connectivity index (χ0v) is 26.1. The van der Waals surface area contributed by atoms with E-state index in [9.17, 15) is 31.8 Å². The van der Waals surface area contributed by atoms with Gasteiger partial charge in [0.25, 0.3) is 0 Å². The van der Waals surface area contributed by atoms with Gasteiger partial charge in [0.2, 0.25) is 0 Å². The van der Waals surface area contributed by atoms with Crippen LogP contribution in [0.25, 0.3) is 0 Å². The summed E-state index contributed by atoms with van der Waals surface area (Å²) in [5, 5.41) is 20.4. The molecule has 1 aromatic rings. The summed E-state index contributed by atoms with van der Waals surface area (Å²) in [6, 6.07) is 8.57. The molecule has 4 nitrogen and oxygen atoms in total. The van der Waals surface area contributed by atoms with Crippen LogP contribution in [-0.4, -0.2) is 41.8 Å². The third-order valence-corrected chi connectivity index (χ3v) is 15.6. The average molecular weight is 599 g/mol. The third kappa shape index (κ3) is 4.81. The minimum Gasteiger partial charge on any atom is -0.393 e. The average Bonchev–Trinajstić information content (AvgIpc) is 3.24. The van der Waals surface area contributed by atoms with Gasteiger partial charge in [-0.25, -0.2) is 8.42 Å². The standard InChI is InChI=1S/C33H49F3O4S/c1-21(37)19-28(41(39,40)23-9-7-6-8-10-23)22(2)25-11-12-26-24-13-15-29(3)20-32(38,33(34,35)36)18-17-31(29,5)27(24)14-16-30(25,26)4/h6-10,21-22,24-28,37-38H,11-20H2,1-5H3/t21-,22+,24+,25-,26+,27?,28?,29+,30-,31-,32+/m1/s1. The van der Waals surface area contributed by atoms with E-state index in [0.717, 1.165) is 32.1 Å². The van der Waals surface area contributed by atoms with Gasteiger partial charge in [-0.15, -0.1) is 0 Å². The van der Waals surface area contributed by atoms with E-state index < -0.39 is 38.4 Å². The number of aliphatic hydroxyl groups excluding tert-OH is 1. The van der Waals surface area contributed by atoms with Crippen LogP contribution in [0.3, 0.4) is 0 Å². The van der Waals surface area contributed by atoms with E-state index in [0.29, 0.717) is 35.5 Å². The number of rotatable bonds is 6. The minimum atomic E-state index is -4.61. The van der Waals surface area contributed by atoms with E-state index in [1.807, 2.05) is 6.92 Å². The van der Waals surface area contributed by atoms with Crippen molar-refractivity contribution in [3.8, 4) is 0 Å². The molecule has 232 valence electrons. The second-order valence-corrected chi connectivity index (χ2v) is 17.3. The normalized spacial score (nSPS) is 43.4. The van der Waals surface area contributed by atoms with Crippen molar-refractivity contribution in [2.24, 2.45) is 45.8 Å². The summed E-state index contributed by atoms with van der Waals surface area (Å²) in [5.74, 6) is 1.18. The molecule has 0 amide bonds. The van der Waals surface area contributed by atoms with Gasteiger partial charge in [0.1, 0.15) is 0 Å². The minimum absolute atomic E-state index is 0.0464. The first-order valence-electron chi connectivity index (χ1n) is 15.7. The van der Waals surface area contributed by atoms with Crippen LogP contribution < -0.4 is 0 Å². The maximum absolute atomic E-state index is 13.9. The molecule has 0 aliphatic heterocycles. The number of hydrogen-bond acceptors (Lipinski definition) is 4. The molecule has 0 bridgehead atoms. The zero-order valence-electron chi connectivity index (χ0n) is 25.3. The van der Waals surface area contributed by atoms with Gasteiger partial charge in [-0.2, -0.15) is 13.2 Å². The fraction of sp³-hybridized carbons (Fsp3) is 0.818. The van der Waals surface area contributed by atoms with Crippen molar-refractivity contribution in [1.29, 1.82) is 0 Å². The Kier molecular flexibility index (Phi) is 7.81. The Labute approximate surface area is 244 Å². The summed E-state index contributed by atoms with van der Waals surface area (Å²) in [4.78, 5) is 0.302. The fourth-order valence-corrected chi connectivity index (χ4v) is 13.0. The van der Waals surface area contributed by atoms with Gasteiger partial charge < -0.3 is 10.2 Å². The Hall–Kier alpha value is -1.12. The van der Waals surface area contributed by atoms with E-state index >= 15 is 0 Å². The van der Waals surface area contributed by atoms with Crippen molar-refractivity contribution in [3.05, 3.63) is 30.3 Å². The maximum Gasteiger partial charge on any atom is 0.417 e. The molecule has 4 saturated carbocycles. The first-order chi connectivity index (χ1) is 18.9. The highest BCUT2D eigenvalue weighted by Crippen LogP contribution is 2.72. The molecular formula is C33H49F3O4S. The highest BCUT2D eigenvalue weighted by atomic mass is 32.2. The molecule has 4 aliphatic rings. The maximum atomic E-state index is 13.9. The predicted octanol–water partition coefficient (Wildman–Crippen LogP) is 7.58. The molecule has 41 heavy (non-hydrogen) atoms. The van der Waals surface area contributed by atoms with Crippen LogP contribution in [0.5, 0.6) is 0 Å². The van der Waals surface area contributed by atoms with Crippen molar-refractivity contribution in [2.45, 2.75) is 127 Å². The summed E-state index contributed by atoms with van der Waals surface area (Å²) >= 11 is 0. The predicted molar refractivity (Wildman–Crippen MR) is 154 cm³/mol. The van der Waals surface area contributed by atoms with Crippen molar-refractivity contribution in [1.82, 2.24) is 0 Å². The second-order valence-electron chi connectivity index (χ2n) is 15.2. The highest BCUT2D eigenvalue weighted by molar-refractivity contribution is 7.92. The number of alkyl halides is 3. The number of hydrogen-bond donors (Lipinski definition) is 2. The molecule has 0 aromatic heterocycles. The van der Waals surface area contributed by atoms with E-state index in [2.05, 4.69) is 20.8 Å². The molecule has 4 aliphatic carbocycles. The lowest BCUT2D eigenvalue weighted by Gasteiger charge is -2.66. The summed E-state index contributed by atoms with van der Waals surface area (Å²) in [6.07, 6.45) is 0.155. The van der Waals surface area contributed by atoms with Gasteiger partial charge in [-0.1, -0.05) is 45.9 Å². The third-order valence-electron chi connectivity index (χ3n) is 13.3. The van der Waals surface area contributed by atoms with Crippen molar-refractivity contribution in [3.63, 3.8) is 0 Å². The second kappa shape index (κ2) is 10.2. The van der Waals surface area contributed by atoms with E-state index in [-0.39, 0.29) is 41.9 Å². The van der Waals surface area contributed by atoms with Crippen LogP contribution in [0.1, 0.15) is 98.8 Å². The Morgan fingerprint density at radius 2 is 1.59 bits per heavy atom. The monoisotopic (exact) mass is 598 g/mol. The Morgan fingerprint density at radius 3 is 2.20 bits per heavy atom. The number of halogens is 3. The van der Waals surface area contributed by atoms with E-state index in [1.54, 1.807) is 37.3 Å². The molecule has 11 atom stereocenters. The Bertz CT molecular complexity index is 1220. The van der Waals surface area contributed by atoms with Gasteiger partial charge in [0, 0.05) is 0 Å². The molecule has 0 saturated heterocycles. The lowest BCUT2D eigenvalue weighted by molar-refractivity contribution is -0.303. The SMILES string of the molecule is C[C@H](C(C[C@@H](C)O)S(=O)(=O)c1ccccc1)[C@H]1CC[C@H]2[C@@H]3CC[C@@]4(C)C[C@](O)(C(F)(F)F)CC[C@]4(C)C3CC[C@]12C. The van der Waals surface area contributed by atoms with Crippen LogP contribution in [-0.2, 0) is 9.84 Å². The Balaban J connectivity index is 1.41. The smallest absolute Gasteiger partial charge is 0.393 e.